The lowest BCUT2D eigenvalue weighted by atomic mass is 9.85. The summed E-state index contributed by atoms with van der Waals surface area (Å²) >= 11 is 0. The third-order valence-electron chi connectivity index (χ3n) is 3.13. The summed E-state index contributed by atoms with van der Waals surface area (Å²) in [5, 5.41) is 6.22. The van der Waals surface area contributed by atoms with Crippen LogP contribution < -0.4 is 10.6 Å². The molecule has 14 heavy (non-hydrogen) atoms. The molecule has 0 spiro atoms. The maximum atomic E-state index is 11.6. The van der Waals surface area contributed by atoms with Gasteiger partial charge < -0.3 is 10.6 Å². The third kappa shape index (κ3) is 2.35. The monoisotopic (exact) mass is 194 g/mol. The van der Waals surface area contributed by atoms with Crippen molar-refractivity contribution in [2.45, 2.75) is 25.7 Å². The molecule has 1 amide bonds. The van der Waals surface area contributed by atoms with Gasteiger partial charge in [-0.15, -0.1) is 0 Å². The number of carbonyl (C=O) groups is 1. The van der Waals surface area contributed by atoms with Gasteiger partial charge in [0, 0.05) is 18.7 Å². The Hall–Kier alpha value is -0.830. The lowest BCUT2D eigenvalue weighted by Crippen LogP contribution is -2.35. The zero-order valence-corrected chi connectivity index (χ0v) is 8.51. The second-order valence-electron chi connectivity index (χ2n) is 4.19. The molecule has 1 fully saturated rings. The molecule has 0 unspecified atom stereocenters. The minimum absolute atomic E-state index is 0.151. The van der Waals surface area contributed by atoms with Crippen LogP contribution in [0.5, 0.6) is 0 Å². The SMILES string of the molecule is O=C(NCC1CCC1)C1=CCNCC1. The lowest BCUT2D eigenvalue weighted by Gasteiger charge is -2.25. The van der Waals surface area contributed by atoms with Gasteiger partial charge in [-0.25, -0.2) is 0 Å². The minimum atomic E-state index is 0.151. The number of amides is 1. The van der Waals surface area contributed by atoms with Crippen molar-refractivity contribution in [3.8, 4) is 0 Å². The Labute approximate surface area is 84.9 Å². The van der Waals surface area contributed by atoms with Crippen LogP contribution in [-0.2, 0) is 4.79 Å². The molecule has 2 N–H and O–H groups in total. The zero-order valence-electron chi connectivity index (χ0n) is 8.51. The number of nitrogens with one attached hydrogen (secondary N) is 2. The molecule has 1 aliphatic carbocycles. The van der Waals surface area contributed by atoms with E-state index in [1.165, 1.54) is 19.3 Å². The van der Waals surface area contributed by atoms with E-state index < -0.39 is 0 Å². The Morgan fingerprint density at radius 3 is 3.00 bits per heavy atom. The Bertz CT molecular complexity index is 244. The van der Waals surface area contributed by atoms with Gasteiger partial charge in [0.1, 0.15) is 0 Å². The highest BCUT2D eigenvalue weighted by Crippen LogP contribution is 2.25. The third-order valence-corrected chi connectivity index (χ3v) is 3.13. The van der Waals surface area contributed by atoms with Gasteiger partial charge in [0.15, 0.2) is 0 Å². The first-order valence-electron chi connectivity index (χ1n) is 5.54. The Balaban J connectivity index is 1.73. The summed E-state index contributed by atoms with van der Waals surface area (Å²) in [6, 6.07) is 0. The van der Waals surface area contributed by atoms with Crippen LogP contribution in [0.3, 0.4) is 0 Å². The highest BCUT2D eigenvalue weighted by Gasteiger charge is 2.19. The van der Waals surface area contributed by atoms with E-state index in [0.29, 0.717) is 0 Å². The first kappa shape index (κ1) is 9.71. The molecule has 78 valence electrons. The van der Waals surface area contributed by atoms with Crippen molar-refractivity contribution in [2.24, 2.45) is 5.92 Å². The normalized spacial score (nSPS) is 22.4. The number of carbonyl (C=O) groups excluding carboxylic acids is 1. The fourth-order valence-electron chi connectivity index (χ4n) is 1.88. The van der Waals surface area contributed by atoms with Crippen molar-refractivity contribution in [1.82, 2.24) is 10.6 Å². The van der Waals surface area contributed by atoms with E-state index >= 15 is 0 Å². The van der Waals surface area contributed by atoms with Crippen molar-refractivity contribution >= 4 is 5.91 Å². The second kappa shape index (κ2) is 4.60. The van der Waals surface area contributed by atoms with E-state index in [0.717, 1.165) is 37.5 Å². The van der Waals surface area contributed by atoms with Crippen molar-refractivity contribution in [2.75, 3.05) is 19.6 Å². The standard InChI is InChI=1S/C11H18N2O/c14-11(10-4-6-12-7-5-10)13-8-9-2-1-3-9/h4,9,12H,1-3,5-8H2,(H,13,14). The summed E-state index contributed by atoms with van der Waals surface area (Å²) < 4.78 is 0. The van der Waals surface area contributed by atoms with Crippen LogP contribution in [0.4, 0.5) is 0 Å². The van der Waals surface area contributed by atoms with Gasteiger partial charge >= 0.3 is 0 Å². The lowest BCUT2D eigenvalue weighted by molar-refractivity contribution is -0.118. The fourth-order valence-corrected chi connectivity index (χ4v) is 1.88. The quantitative estimate of drug-likeness (QED) is 0.698. The van der Waals surface area contributed by atoms with Crippen LogP contribution in [0.2, 0.25) is 0 Å². The van der Waals surface area contributed by atoms with Gasteiger partial charge in [0.2, 0.25) is 5.91 Å². The summed E-state index contributed by atoms with van der Waals surface area (Å²) in [6.45, 7) is 2.65. The summed E-state index contributed by atoms with van der Waals surface area (Å²) in [5.74, 6) is 0.902. The van der Waals surface area contributed by atoms with Crippen LogP contribution >= 0.6 is 0 Å². The Kier molecular flexibility index (Phi) is 3.19. The number of rotatable bonds is 3. The predicted molar refractivity (Wildman–Crippen MR) is 55.9 cm³/mol. The molecular formula is C11H18N2O. The number of hydrogen-bond acceptors (Lipinski definition) is 2. The van der Waals surface area contributed by atoms with E-state index in [9.17, 15) is 4.79 Å². The maximum absolute atomic E-state index is 11.6. The van der Waals surface area contributed by atoms with Gasteiger partial charge in [0.05, 0.1) is 0 Å². The number of hydrogen-bond donors (Lipinski definition) is 2. The molecule has 0 aromatic carbocycles. The summed E-state index contributed by atoms with van der Waals surface area (Å²) in [7, 11) is 0. The molecular weight excluding hydrogens is 176 g/mol. The van der Waals surface area contributed by atoms with Crippen LogP contribution in [0.1, 0.15) is 25.7 Å². The molecule has 2 rings (SSSR count). The Morgan fingerprint density at radius 2 is 2.43 bits per heavy atom. The first-order chi connectivity index (χ1) is 6.86. The topological polar surface area (TPSA) is 41.1 Å². The molecule has 3 heteroatoms. The van der Waals surface area contributed by atoms with Crippen molar-refractivity contribution in [1.29, 1.82) is 0 Å². The smallest absolute Gasteiger partial charge is 0.246 e. The molecule has 0 atom stereocenters. The van der Waals surface area contributed by atoms with Crippen LogP contribution in [0.15, 0.2) is 11.6 Å². The maximum Gasteiger partial charge on any atom is 0.246 e. The molecule has 0 aromatic rings. The summed E-state index contributed by atoms with van der Waals surface area (Å²) in [4.78, 5) is 11.6. The molecule has 3 nitrogen and oxygen atoms in total. The van der Waals surface area contributed by atoms with Gasteiger partial charge in [-0.2, -0.15) is 0 Å². The van der Waals surface area contributed by atoms with Gasteiger partial charge in [-0.3, -0.25) is 4.79 Å². The van der Waals surface area contributed by atoms with E-state index in [1.54, 1.807) is 0 Å². The summed E-state index contributed by atoms with van der Waals surface area (Å²) in [6.07, 6.45) is 6.80. The predicted octanol–water partition coefficient (Wildman–Crippen LogP) is 0.822. The molecule has 1 heterocycles. The average Bonchev–Trinajstić information content (AvgIpc) is 2.16. The zero-order chi connectivity index (χ0) is 9.80. The molecule has 0 bridgehead atoms. The van der Waals surface area contributed by atoms with Crippen LogP contribution in [0, 0.1) is 5.92 Å². The average molecular weight is 194 g/mol. The van der Waals surface area contributed by atoms with E-state index in [4.69, 9.17) is 0 Å². The van der Waals surface area contributed by atoms with Crippen LogP contribution in [0.25, 0.3) is 0 Å². The van der Waals surface area contributed by atoms with Crippen molar-refractivity contribution in [3.05, 3.63) is 11.6 Å². The van der Waals surface area contributed by atoms with E-state index in [-0.39, 0.29) is 5.91 Å². The van der Waals surface area contributed by atoms with Crippen molar-refractivity contribution in [3.63, 3.8) is 0 Å². The Morgan fingerprint density at radius 1 is 1.57 bits per heavy atom. The summed E-state index contributed by atoms with van der Waals surface area (Å²) in [5.41, 5.74) is 0.961. The fraction of sp³-hybridized carbons (Fsp3) is 0.727. The van der Waals surface area contributed by atoms with Gasteiger partial charge in [-0.05, 0) is 31.7 Å². The van der Waals surface area contributed by atoms with Gasteiger partial charge in [0.25, 0.3) is 0 Å². The largest absolute Gasteiger partial charge is 0.352 e. The second-order valence-corrected chi connectivity index (χ2v) is 4.19. The van der Waals surface area contributed by atoms with Crippen LogP contribution in [-0.4, -0.2) is 25.5 Å². The minimum Gasteiger partial charge on any atom is -0.352 e. The molecule has 0 radical (unpaired) electrons. The molecule has 0 aromatic heterocycles. The highest BCUT2D eigenvalue weighted by atomic mass is 16.1. The molecule has 1 saturated carbocycles. The van der Waals surface area contributed by atoms with E-state index in [2.05, 4.69) is 10.6 Å². The molecule has 0 saturated heterocycles. The first-order valence-corrected chi connectivity index (χ1v) is 5.54. The molecule has 2 aliphatic rings. The molecule has 1 aliphatic heterocycles. The van der Waals surface area contributed by atoms with Crippen molar-refractivity contribution < 1.29 is 4.79 Å². The van der Waals surface area contributed by atoms with Gasteiger partial charge in [-0.1, -0.05) is 12.5 Å². The van der Waals surface area contributed by atoms with E-state index in [1.807, 2.05) is 6.08 Å². The highest BCUT2D eigenvalue weighted by molar-refractivity contribution is 5.93.